The van der Waals surface area contributed by atoms with Crippen LogP contribution in [0.1, 0.15) is 37.4 Å². The smallest absolute Gasteiger partial charge is 0.303 e. The van der Waals surface area contributed by atoms with Crippen LogP contribution in [-0.4, -0.2) is 22.7 Å². The Balaban J connectivity index is 2.31. The summed E-state index contributed by atoms with van der Waals surface area (Å²) < 4.78 is 5.72. The summed E-state index contributed by atoms with van der Waals surface area (Å²) in [7, 11) is 0. The van der Waals surface area contributed by atoms with Crippen molar-refractivity contribution in [1.29, 1.82) is 0 Å². The van der Waals surface area contributed by atoms with Gasteiger partial charge >= 0.3 is 5.97 Å². The van der Waals surface area contributed by atoms with E-state index in [1.807, 2.05) is 31.2 Å². The molecule has 1 heterocycles. The minimum Gasteiger partial charge on any atom is -0.494 e. The monoisotopic (exact) mass is 287 g/mol. The third kappa shape index (κ3) is 4.18. The molecule has 0 saturated heterocycles. The second-order valence-electron chi connectivity index (χ2n) is 5.20. The molecule has 2 rings (SSSR count). The van der Waals surface area contributed by atoms with Gasteiger partial charge in [-0.05, 0) is 49.6 Å². The third-order valence-electron chi connectivity index (χ3n) is 3.37. The molecule has 21 heavy (non-hydrogen) atoms. The van der Waals surface area contributed by atoms with Crippen LogP contribution in [0.5, 0.6) is 5.75 Å². The van der Waals surface area contributed by atoms with E-state index in [1.165, 1.54) is 0 Å². The molecule has 0 atom stereocenters. The summed E-state index contributed by atoms with van der Waals surface area (Å²) in [6.07, 6.45) is 2.75. The summed E-state index contributed by atoms with van der Waals surface area (Å²) in [5, 5.41) is 9.86. The van der Waals surface area contributed by atoms with E-state index < -0.39 is 5.97 Å². The molecular formula is C17H21NO3. The van der Waals surface area contributed by atoms with E-state index >= 15 is 0 Å². The number of hydrogen-bond acceptors (Lipinski definition) is 3. The number of carboxylic acids is 1. The molecule has 0 radical (unpaired) electrons. The number of nitrogens with zero attached hydrogens (tertiary/aromatic N) is 1. The molecule has 0 aliphatic heterocycles. The highest BCUT2D eigenvalue weighted by Gasteiger charge is 2.08. The standard InChI is InChI=1S/C17H21NO3/c1-3-4-9-21-14-6-7-16-15(11-14)13(5-8-17(19)20)10-12(2)18-16/h6-7,10-11H,3-5,8-9H2,1-2H3,(H,19,20). The Bertz CT molecular complexity index is 637. The molecule has 0 fully saturated rings. The van der Waals surface area contributed by atoms with Gasteiger partial charge in [0, 0.05) is 17.5 Å². The van der Waals surface area contributed by atoms with Gasteiger partial charge in [0.2, 0.25) is 0 Å². The second-order valence-corrected chi connectivity index (χ2v) is 5.20. The van der Waals surface area contributed by atoms with Gasteiger partial charge in [-0.3, -0.25) is 9.78 Å². The van der Waals surface area contributed by atoms with Crippen molar-refractivity contribution in [1.82, 2.24) is 4.98 Å². The number of ether oxygens (including phenoxy) is 1. The topological polar surface area (TPSA) is 59.4 Å². The van der Waals surface area contributed by atoms with E-state index in [-0.39, 0.29) is 6.42 Å². The fraction of sp³-hybridized carbons (Fsp3) is 0.412. The molecule has 0 aliphatic rings. The molecule has 1 N–H and O–H groups in total. The first-order valence-corrected chi connectivity index (χ1v) is 7.35. The van der Waals surface area contributed by atoms with Crippen LogP contribution in [0.25, 0.3) is 10.9 Å². The molecule has 0 amide bonds. The zero-order valence-corrected chi connectivity index (χ0v) is 12.6. The Hall–Kier alpha value is -2.10. The van der Waals surface area contributed by atoms with Crippen LogP contribution in [0, 0.1) is 6.92 Å². The van der Waals surface area contributed by atoms with Crippen LogP contribution in [0.2, 0.25) is 0 Å². The first-order valence-electron chi connectivity index (χ1n) is 7.35. The predicted molar refractivity (Wildman–Crippen MR) is 82.8 cm³/mol. The van der Waals surface area contributed by atoms with Crippen LogP contribution < -0.4 is 4.74 Å². The summed E-state index contributed by atoms with van der Waals surface area (Å²) in [6, 6.07) is 7.79. The number of aryl methyl sites for hydroxylation is 2. The Morgan fingerprint density at radius 3 is 2.86 bits per heavy atom. The maximum atomic E-state index is 10.8. The van der Waals surface area contributed by atoms with Crippen LogP contribution in [0.15, 0.2) is 24.3 Å². The maximum Gasteiger partial charge on any atom is 0.303 e. The average Bonchev–Trinajstić information content (AvgIpc) is 2.45. The van der Waals surface area contributed by atoms with Gasteiger partial charge in [-0.2, -0.15) is 0 Å². The molecule has 4 heteroatoms. The number of aliphatic carboxylic acids is 1. The van der Waals surface area contributed by atoms with Crippen molar-refractivity contribution in [2.45, 2.75) is 39.5 Å². The van der Waals surface area contributed by atoms with Gasteiger partial charge in [0.05, 0.1) is 12.1 Å². The summed E-state index contributed by atoms with van der Waals surface area (Å²) >= 11 is 0. The molecule has 112 valence electrons. The number of hydrogen-bond donors (Lipinski definition) is 1. The molecular weight excluding hydrogens is 266 g/mol. The molecule has 1 aromatic carbocycles. The lowest BCUT2D eigenvalue weighted by Crippen LogP contribution is -2.00. The van der Waals surface area contributed by atoms with Crippen molar-refractivity contribution in [3.05, 3.63) is 35.5 Å². The minimum absolute atomic E-state index is 0.124. The molecule has 0 unspecified atom stereocenters. The highest BCUT2D eigenvalue weighted by molar-refractivity contribution is 5.84. The number of rotatable bonds is 7. The fourth-order valence-corrected chi connectivity index (χ4v) is 2.29. The van der Waals surface area contributed by atoms with Gasteiger partial charge in [-0.25, -0.2) is 0 Å². The van der Waals surface area contributed by atoms with Crippen molar-refractivity contribution in [2.24, 2.45) is 0 Å². The zero-order valence-electron chi connectivity index (χ0n) is 12.6. The predicted octanol–water partition coefficient (Wildman–Crippen LogP) is 3.74. The van der Waals surface area contributed by atoms with Gasteiger partial charge in [0.1, 0.15) is 5.75 Å². The molecule has 1 aromatic heterocycles. The van der Waals surface area contributed by atoms with Crippen molar-refractivity contribution in [3.8, 4) is 5.75 Å². The Morgan fingerprint density at radius 2 is 2.14 bits per heavy atom. The largest absolute Gasteiger partial charge is 0.494 e. The molecule has 0 aliphatic carbocycles. The van der Waals surface area contributed by atoms with E-state index in [2.05, 4.69) is 11.9 Å². The van der Waals surface area contributed by atoms with Crippen LogP contribution in [-0.2, 0) is 11.2 Å². The van der Waals surface area contributed by atoms with Crippen LogP contribution >= 0.6 is 0 Å². The minimum atomic E-state index is -0.784. The summed E-state index contributed by atoms with van der Waals surface area (Å²) in [5.41, 5.74) is 2.81. The molecule has 2 aromatic rings. The third-order valence-corrected chi connectivity index (χ3v) is 3.37. The SMILES string of the molecule is CCCCOc1ccc2nc(C)cc(CCC(=O)O)c2c1. The highest BCUT2D eigenvalue weighted by Crippen LogP contribution is 2.25. The Kier molecular flexibility index (Phi) is 5.14. The van der Waals surface area contributed by atoms with Gasteiger partial charge in [0.15, 0.2) is 0 Å². The van der Waals surface area contributed by atoms with E-state index in [1.54, 1.807) is 0 Å². The number of benzene rings is 1. The van der Waals surface area contributed by atoms with Gasteiger partial charge in [0.25, 0.3) is 0 Å². The molecule has 0 saturated carbocycles. The number of aromatic nitrogens is 1. The lowest BCUT2D eigenvalue weighted by Gasteiger charge is -2.10. The van der Waals surface area contributed by atoms with Crippen LogP contribution in [0.3, 0.4) is 0 Å². The Morgan fingerprint density at radius 1 is 1.33 bits per heavy atom. The summed E-state index contributed by atoms with van der Waals surface area (Å²) in [5.74, 6) is 0.0335. The Labute approximate surface area is 124 Å². The normalized spacial score (nSPS) is 10.8. The lowest BCUT2D eigenvalue weighted by atomic mass is 10.0. The molecule has 0 spiro atoms. The summed E-state index contributed by atoms with van der Waals surface area (Å²) in [4.78, 5) is 15.3. The maximum absolute atomic E-state index is 10.8. The lowest BCUT2D eigenvalue weighted by molar-refractivity contribution is -0.136. The highest BCUT2D eigenvalue weighted by atomic mass is 16.5. The van der Waals surface area contributed by atoms with Crippen LogP contribution in [0.4, 0.5) is 0 Å². The second kappa shape index (κ2) is 7.07. The number of carboxylic acid groups (broad SMARTS) is 1. The number of fused-ring (bicyclic) bond motifs is 1. The zero-order chi connectivity index (χ0) is 15.2. The van der Waals surface area contributed by atoms with Gasteiger partial charge < -0.3 is 9.84 Å². The number of unbranched alkanes of at least 4 members (excludes halogenated alkanes) is 1. The van der Waals surface area contributed by atoms with E-state index in [9.17, 15) is 4.79 Å². The first kappa shape index (κ1) is 15.3. The number of carbonyl (C=O) groups is 1. The van der Waals surface area contributed by atoms with Crippen molar-refractivity contribution in [3.63, 3.8) is 0 Å². The van der Waals surface area contributed by atoms with Crippen molar-refractivity contribution in [2.75, 3.05) is 6.61 Å². The van der Waals surface area contributed by atoms with Gasteiger partial charge in [-0.1, -0.05) is 13.3 Å². The first-order chi connectivity index (χ1) is 10.1. The van der Waals surface area contributed by atoms with Gasteiger partial charge in [-0.15, -0.1) is 0 Å². The molecule has 0 bridgehead atoms. The van der Waals surface area contributed by atoms with E-state index in [4.69, 9.17) is 9.84 Å². The molecule has 4 nitrogen and oxygen atoms in total. The van der Waals surface area contributed by atoms with E-state index in [0.29, 0.717) is 13.0 Å². The number of pyridine rings is 1. The van der Waals surface area contributed by atoms with Crippen molar-refractivity contribution >= 4 is 16.9 Å². The van der Waals surface area contributed by atoms with E-state index in [0.717, 1.165) is 40.8 Å². The average molecular weight is 287 g/mol. The van der Waals surface area contributed by atoms with Crippen molar-refractivity contribution < 1.29 is 14.6 Å². The summed E-state index contributed by atoms with van der Waals surface area (Å²) in [6.45, 7) is 4.75. The fourth-order valence-electron chi connectivity index (χ4n) is 2.29. The quantitative estimate of drug-likeness (QED) is 0.788.